The Morgan fingerprint density at radius 2 is 2.06 bits per heavy atom. The smallest absolute Gasteiger partial charge is 0.328 e. The molecule has 0 unspecified atom stereocenters. The van der Waals surface area contributed by atoms with E-state index in [1.54, 1.807) is 6.07 Å². The number of hydrogen-bond acceptors (Lipinski definition) is 4. The summed E-state index contributed by atoms with van der Waals surface area (Å²) in [6, 6.07) is 4.63. The van der Waals surface area contributed by atoms with E-state index < -0.39 is 30.3 Å². The molecule has 1 rings (SSSR count). The first-order chi connectivity index (χ1) is 8.54. The summed E-state index contributed by atoms with van der Waals surface area (Å²) in [7, 11) is 0. The van der Waals surface area contributed by atoms with E-state index in [1.165, 1.54) is 18.2 Å². The number of carbonyl (C=O) groups excluding carboxylic acids is 1. The summed E-state index contributed by atoms with van der Waals surface area (Å²) in [5.74, 6) is -2.45. The highest BCUT2D eigenvalue weighted by molar-refractivity contribution is 8.00. The van der Waals surface area contributed by atoms with Crippen LogP contribution in [0.5, 0.6) is 0 Å². The van der Waals surface area contributed by atoms with E-state index >= 15 is 0 Å². The number of amides is 1. The molecule has 3 N–H and O–H groups in total. The van der Waals surface area contributed by atoms with Crippen LogP contribution in [0.15, 0.2) is 29.2 Å². The molecule has 5 nitrogen and oxygen atoms in total. The topological polar surface area (TPSA) is 86.6 Å². The number of halogens is 1. The van der Waals surface area contributed by atoms with Crippen LogP contribution < -0.4 is 5.32 Å². The van der Waals surface area contributed by atoms with Gasteiger partial charge in [-0.15, -0.1) is 11.8 Å². The van der Waals surface area contributed by atoms with Gasteiger partial charge in [0.15, 0.2) is 0 Å². The summed E-state index contributed by atoms with van der Waals surface area (Å²) >= 11 is 0.958. The molecule has 0 aliphatic rings. The Labute approximate surface area is 107 Å². The Kier molecular flexibility index (Phi) is 5.60. The van der Waals surface area contributed by atoms with Crippen molar-refractivity contribution in [1.82, 2.24) is 5.32 Å². The summed E-state index contributed by atoms with van der Waals surface area (Å²) < 4.78 is 13.2. The highest BCUT2D eigenvalue weighted by Crippen LogP contribution is 2.20. The Bertz CT molecular complexity index is 441. The second-order valence-electron chi connectivity index (χ2n) is 3.36. The van der Waals surface area contributed by atoms with Gasteiger partial charge in [-0.1, -0.05) is 12.1 Å². The van der Waals surface area contributed by atoms with E-state index in [-0.39, 0.29) is 5.75 Å². The number of aliphatic hydroxyl groups is 1. The Morgan fingerprint density at radius 1 is 1.39 bits per heavy atom. The molecule has 0 aliphatic heterocycles. The summed E-state index contributed by atoms with van der Waals surface area (Å²) in [4.78, 5) is 22.2. The zero-order valence-electron chi connectivity index (χ0n) is 9.30. The molecule has 0 saturated carbocycles. The maximum Gasteiger partial charge on any atom is 0.328 e. The quantitative estimate of drug-likeness (QED) is 0.656. The van der Waals surface area contributed by atoms with Gasteiger partial charge in [-0.05, 0) is 12.1 Å². The normalized spacial score (nSPS) is 11.9. The number of rotatable bonds is 6. The Morgan fingerprint density at radius 3 is 2.61 bits per heavy atom. The van der Waals surface area contributed by atoms with Gasteiger partial charge in [0.05, 0.1) is 12.4 Å². The van der Waals surface area contributed by atoms with E-state index in [4.69, 9.17) is 10.2 Å². The molecule has 0 radical (unpaired) electrons. The summed E-state index contributed by atoms with van der Waals surface area (Å²) in [6.45, 7) is -0.689. The minimum atomic E-state index is -1.33. The van der Waals surface area contributed by atoms with Gasteiger partial charge in [0, 0.05) is 4.90 Å². The van der Waals surface area contributed by atoms with Crippen LogP contribution in [0.1, 0.15) is 0 Å². The molecular formula is C11H12FNO4S. The molecule has 0 aliphatic carbocycles. The van der Waals surface area contributed by atoms with Crippen molar-refractivity contribution in [3.63, 3.8) is 0 Å². The fourth-order valence-corrected chi connectivity index (χ4v) is 1.88. The molecule has 0 fully saturated rings. The van der Waals surface area contributed by atoms with Gasteiger partial charge in [0.1, 0.15) is 11.9 Å². The largest absolute Gasteiger partial charge is 0.480 e. The molecule has 0 bridgehead atoms. The third-order valence-electron chi connectivity index (χ3n) is 2.01. The zero-order chi connectivity index (χ0) is 13.5. The lowest BCUT2D eigenvalue weighted by atomic mass is 10.3. The van der Waals surface area contributed by atoms with Gasteiger partial charge >= 0.3 is 5.97 Å². The SMILES string of the molecule is O=C(CSc1ccccc1F)N[C@H](CO)C(=O)O. The van der Waals surface area contributed by atoms with Gasteiger partial charge in [0.25, 0.3) is 0 Å². The lowest BCUT2D eigenvalue weighted by molar-refractivity contribution is -0.142. The number of nitrogens with one attached hydrogen (secondary N) is 1. The van der Waals surface area contributed by atoms with Crippen LogP contribution in [0.2, 0.25) is 0 Å². The molecule has 1 aromatic rings. The average molecular weight is 273 g/mol. The van der Waals surface area contributed by atoms with Gasteiger partial charge in [-0.3, -0.25) is 4.79 Å². The first kappa shape index (κ1) is 14.5. The maximum atomic E-state index is 13.2. The fraction of sp³-hybridized carbons (Fsp3) is 0.273. The van der Waals surface area contributed by atoms with Crippen molar-refractivity contribution in [2.75, 3.05) is 12.4 Å². The van der Waals surface area contributed by atoms with Crippen molar-refractivity contribution >= 4 is 23.6 Å². The first-order valence-electron chi connectivity index (χ1n) is 5.05. The van der Waals surface area contributed by atoms with Crippen LogP contribution in [0.3, 0.4) is 0 Å². The van der Waals surface area contributed by atoms with Crippen LogP contribution in [0, 0.1) is 5.82 Å². The van der Waals surface area contributed by atoms with E-state index in [1.807, 2.05) is 0 Å². The maximum absolute atomic E-state index is 13.2. The monoisotopic (exact) mass is 273 g/mol. The lowest BCUT2D eigenvalue weighted by Gasteiger charge is -2.11. The number of thioether (sulfide) groups is 1. The van der Waals surface area contributed by atoms with Crippen LogP contribution in [0.25, 0.3) is 0 Å². The molecule has 7 heteroatoms. The van der Waals surface area contributed by atoms with Gasteiger partial charge in [-0.25, -0.2) is 9.18 Å². The number of carboxylic acid groups (broad SMARTS) is 1. The van der Waals surface area contributed by atoms with Crippen molar-refractivity contribution in [1.29, 1.82) is 0 Å². The lowest BCUT2D eigenvalue weighted by Crippen LogP contribution is -2.44. The third kappa shape index (κ3) is 4.34. The second-order valence-corrected chi connectivity index (χ2v) is 4.38. The van der Waals surface area contributed by atoms with Crippen molar-refractivity contribution in [2.45, 2.75) is 10.9 Å². The van der Waals surface area contributed by atoms with Crippen molar-refractivity contribution in [2.24, 2.45) is 0 Å². The highest BCUT2D eigenvalue weighted by Gasteiger charge is 2.18. The third-order valence-corrected chi connectivity index (χ3v) is 3.06. The highest BCUT2D eigenvalue weighted by atomic mass is 32.2. The molecule has 0 saturated heterocycles. The molecule has 0 heterocycles. The summed E-state index contributed by atoms with van der Waals surface area (Å²) in [6.07, 6.45) is 0. The molecule has 18 heavy (non-hydrogen) atoms. The van der Waals surface area contributed by atoms with Crippen LogP contribution >= 0.6 is 11.8 Å². The van der Waals surface area contributed by atoms with Crippen LogP contribution in [-0.4, -0.2) is 40.5 Å². The van der Waals surface area contributed by atoms with E-state index in [0.717, 1.165) is 11.8 Å². The first-order valence-corrected chi connectivity index (χ1v) is 6.03. The molecule has 0 aromatic heterocycles. The number of hydrogen-bond donors (Lipinski definition) is 3. The number of carbonyl (C=O) groups is 2. The minimum absolute atomic E-state index is 0.120. The molecule has 1 amide bonds. The van der Waals surface area contributed by atoms with Crippen molar-refractivity contribution in [3.8, 4) is 0 Å². The van der Waals surface area contributed by atoms with Gasteiger partial charge in [-0.2, -0.15) is 0 Å². The molecule has 1 aromatic carbocycles. The molecule has 1 atom stereocenters. The van der Waals surface area contributed by atoms with E-state index in [9.17, 15) is 14.0 Å². The van der Waals surface area contributed by atoms with Gasteiger partial charge in [0.2, 0.25) is 5.91 Å². The zero-order valence-corrected chi connectivity index (χ0v) is 10.1. The predicted molar refractivity (Wildman–Crippen MR) is 63.8 cm³/mol. The molecular weight excluding hydrogens is 261 g/mol. The van der Waals surface area contributed by atoms with Crippen molar-refractivity contribution < 1.29 is 24.2 Å². The van der Waals surface area contributed by atoms with Crippen LogP contribution in [0.4, 0.5) is 4.39 Å². The fourth-order valence-electron chi connectivity index (χ4n) is 1.13. The van der Waals surface area contributed by atoms with E-state index in [0.29, 0.717) is 4.90 Å². The van der Waals surface area contributed by atoms with E-state index in [2.05, 4.69) is 5.32 Å². The predicted octanol–water partition coefficient (Wildman–Crippen LogP) is 0.479. The average Bonchev–Trinajstić information content (AvgIpc) is 2.34. The summed E-state index contributed by atoms with van der Waals surface area (Å²) in [5.41, 5.74) is 0. The number of carboxylic acids is 1. The minimum Gasteiger partial charge on any atom is -0.480 e. The molecule has 0 spiro atoms. The van der Waals surface area contributed by atoms with Gasteiger partial charge < -0.3 is 15.5 Å². The Hall–Kier alpha value is -1.60. The second kappa shape index (κ2) is 6.97. The summed E-state index contributed by atoms with van der Waals surface area (Å²) in [5, 5.41) is 19.4. The van der Waals surface area contributed by atoms with Crippen molar-refractivity contribution in [3.05, 3.63) is 30.1 Å². The number of aliphatic hydroxyl groups excluding tert-OH is 1. The standard InChI is InChI=1S/C11H12FNO4S/c12-7-3-1-2-4-9(7)18-6-10(15)13-8(5-14)11(16)17/h1-4,8,14H,5-6H2,(H,13,15)(H,16,17)/t8-/m1/s1. The number of aliphatic carboxylic acids is 1. The molecule has 98 valence electrons. The van der Waals surface area contributed by atoms with Crippen LogP contribution in [-0.2, 0) is 9.59 Å². The number of benzene rings is 1. The Balaban J connectivity index is 2.47.